The van der Waals surface area contributed by atoms with Gasteiger partial charge in [0.2, 0.25) is 0 Å². The Morgan fingerprint density at radius 1 is 0.806 bits per heavy atom. The zero-order chi connectivity index (χ0) is 25.5. The van der Waals surface area contributed by atoms with Crippen molar-refractivity contribution in [2.75, 3.05) is 27.9 Å². The Labute approximate surface area is 210 Å². The summed E-state index contributed by atoms with van der Waals surface area (Å²) in [6.07, 6.45) is 0.788. The summed E-state index contributed by atoms with van der Waals surface area (Å²) in [6, 6.07) is 18.7. The molecular weight excluding hydrogens is 458 g/mol. The molecule has 4 aromatic rings. The lowest BCUT2D eigenvalue weighted by Gasteiger charge is -2.15. The number of rotatable bonds is 11. The van der Waals surface area contributed by atoms with Gasteiger partial charge in [-0.3, -0.25) is 4.79 Å². The molecule has 1 N–H and O–H groups in total. The maximum Gasteiger partial charge on any atom is 0.192 e. The van der Waals surface area contributed by atoms with Gasteiger partial charge in [0, 0.05) is 12.6 Å². The van der Waals surface area contributed by atoms with Gasteiger partial charge in [-0.15, -0.1) is 0 Å². The van der Waals surface area contributed by atoms with Crippen molar-refractivity contribution in [2.24, 2.45) is 0 Å². The van der Waals surface area contributed by atoms with E-state index in [1.807, 2.05) is 48.5 Å². The van der Waals surface area contributed by atoms with Gasteiger partial charge in [-0.25, -0.2) is 0 Å². The van der Waals surface area contributed by atoms with E-state index in [2.05, 4.69) is 5.32 Å². The molecule has 0 atom stereocenters. The summed E-state index contributed by atoms with van der Waals surface area (Å²) in [5, 5.41) is 4.01. The fraction of sp³-hybridized carbons (Fsp3) is 0.276. The summed E-state index contributed by atoms with van der Waals surface area (Å²) in [4.78, 5) is 12.6. The van der Waals surface area contributed by atoms with Crippen LogP contribution < -0.4 is 29.7 Å². The van der Waals surface area contributed by atoms with E-state index in [1.54, 1.807) is 34.3 Å². The minimum atomic E-state index is -0.0676. The molecule has 0 unspecified atom stereocenters. The fourth-order valence-electron chi connectivity index (χ4n) is 4.04. The van der Waals surface area contributed by atoms with Crippen molar-refractivity contribution in [1.29, 1.82) is 0 Å². The summed E-state index contributed by atoms with van der Waals surface area (Å²) < 4.78 is 28.1. The molecule has 3 aromatic carbocycles. The zero-order valence-electron chi connectivity index (χ0n) is 21.1. The third-order valence-corrected chi connectivity index (χ3v) is 5.97. The largest absolute Gasteiger partial charge is 0.497 e. The van der Waals surface area contributed by atoms with E-state index in [0.29, 0.717) is 53.7 Å². The van der Waals surface area contributed by atoms with Crippen LogP contribution in [0.5, 0.6) is 23.0 Å². The number of hydrogen-bond donors (Lipinski definition) is 1. The molecule has 0 spiro atoms. The molecule has 0 aliphatic heterocycles. The van der Waals surface area contributed by atoms with E-state index in [-0.39, 0.29) is 5.43 Å². The highest BCUT2D eigenvalue weighted by Gasteiger charge is 2.14. The molecule has 0 saturated carbocycles. The number of hydrogen-bond acceptors (Lipinski definition) is 7. The van der Waals surface area contributed by atoms with Crippen LogP contribution in [0.15, 0.2) is 69.9 Å². The van der Waals surface area contributed by atoms with E-state index in [9.17, 15) is 4.79 Å². The molecule has 4 rings (SSSR count). The molecule has 0 radical (unpaired) electrons. The summed E-state index contributed by atoms with van der Waals surface area (Å²) in [5.74, 6) is 3.43. The Kier molecular flexibility index (Phi) is 8.13. The molecule has 1 aromatic heterocycles. The van der Waals surface area contributed by atoms with E-state index in [4.69, 9.17) is 23.4 Å². The van der Waals surface area contributed by atoms with Crippen LogP contribution in [0, 0.1) is 6.92 Å². The summed E-state index contributed by atoms with van der Waals surface area (Å²) in [7, 11) is 4.89. The number of nitrogens with one attached hydrogen (secondary N) is 1. The van der Waals surface area contributed by atoms with Crippen LogP contribution in [0.1, 0.15) is 22.5 Å². The monoisotopic (exact) mass is 489 g/mol. The lowest BCUT2D eigenvalue weighted by Crippen LogP contribution is -2.18. The molecule has 0 amide bonds. The highest BCUT2D eigenvalue weighted by atomic mass is 16.5. The third kappa shape index (κ3) is 5.80. The average Bonchev–Trinajstić information content (AvgIpc) is 2.90. The van der Waals surface area contributed by atoms with Crippen molar-refractivity contribution in [1.82, 2.24) is 5.32 Å². The van der Waals surface area contributed by atoms with Gasteiger partial charge in [0.15, 0.2) is 16.9 Å². The molecule has 36 heavy (non-hydrogen) atoms. The van der Waals surface area contributed by atoms with Gasteiger partial charge < -0.3 is 28.7 Å². The van der Waals surface area contributed by atoms with Gasteiger partial charge in [0.1, 0.15) is 29.4 Å². The minimum Gasteiger partial charge on any atom is -0.497 e. The van der Waals surface area contributed by atoms with E-state index < -0.39 is 0 Å². The van der Waals surface area contributed by atoms with Gasteiger partial charge in [-0.05, 0) is 67.4 Å². The molecule has 1 heterocycles. The predicted octanol–water partition coefficient (Wildman–Crippen LogP) is 5.04. The lowest BCUT2D eigenvalue weighted by molar-refractivity contribution is 0.301. The van der Waals surface area contributed by atoms with Crippen molar-refractivity contribution in [3.05, 3.63) is 93.3 Å². The first-order valence-corrected chi connectivity index (χ1v) is 11.8. The van der Waals surface area contributed by atoms with Crippen LogP contribution >= 0.6 is 0 Å². The number of benzene rings is 3. The molecule has 188 valence electrons. The van der Waals surface area contributed by atoms with Gasteiger partial charge in [-0.2, -0.15) is 0 Å². The minimum absolute atomic E-state index is 0.0676. The molecule has 7 nitrogen and oxygen atoms in total. The third-order valence-electron chi connectivity index (χ3n) is 5.97. The molecule has 0 aliphatic carbocycles. The SMILES string of the molecule is COc1ccc(COc2ccc3c(=O)cc(C)oc3c2CNCCc2ccc(OC)c(OC)c2)cc1. The molecule has 0 saturated heterocycles. The van der Waals surface area contributed by atoms with Crippen LogP contribution in [-0.4, -0.2) is 27.9 Å². The number of aryl methyl sites for hydroxylation is 1. The summed E-state index contributed by atoms with van der Waals surface area (Å²) in [6.45, 7) is 3.35. The average molecular weight is 490 g/mol. The molecule has 0 aliphatic rings. The topological polar surface area (TPSA) is 79.2 Å². The highest BCUT2D eigenvalue weighted by molar-refractivity contribution is 5.82. The van der Waals surface area contributed by atoms with Crippen molar-refractivity contribution >= 4 is 11.0 Å². The van der Waals surface area contributed by atoms with Crippen LogP contribution in [0.4, 0.5) is 0 Å². The van der Waals surface area contributed by atoms with Crippen LogP contribution in [0.25, 0.3) is 11.0 Å². The van der Waals surface area contributed by atoms with E-state index in [0.717, 1.165) is 28.9 Å². The second kappa shape index (κ2) is 11.6. The van der Waals surface area contributed by atoms with Gasteiger partial charge >= 0.3 is 0 Å². The number of methoxy groups -OCH3 is 3. The lowest BCUT2D eigenvalue weighted by atomic mass is 10.1. The predicted molar refractivity (Wildman–Crippen MR) is 140 cm³/mol. The standard InChI is InChI=1S/C29H31NO6/c1-19-15-25(31)23-10-12-26(35-18-21-5-8-22(32-2)9-6-21)24(29(23)36-19)17-30-14-13-20-7-11-27(33-3)28(16-20)34-4/h5-12,15-16,30H,13-14,17-18H2,1-4H3. The van der Waals surface area contributed by atoms with E-state index in [1.165, 1.54) is 6.07 Å². The van der Waals surface area contributed by atoms with Crippen LogP contribution in [0.2, 0.25) is 0 Å². The van der Waals surface area contributed by atoms with Gasteiger partial charge in [-0.1, -0.05) is 18.2 Å². The normalized spacial score (nSPS) is 10.9. The van der Waals surface area contributed by atoms with Crippen molar-refractivity contribution in [3.8, 4) is 23.0 Å². The Hall–Kier alpha value is -3.97. The van der Waals surface area contributed by atoms with Gasteiger partial charge in [0.25, 0.3) is 0 Å². The Morgan fingerprint density at radius 3 is 2.25 bits per heavy atom. The Morgan fingerprint density at radius 2 is 1.53 bits per heavy atom. The first-order chi connectivity index (χ1) is 17.5. The van der Waals surface area contributed by atoms with Crippen molar-refractivity contribution in [2.45, 2.75) is 26.5 Å². The van der Waals surface area contributed by atoms with Gasteiger partial charge in [0.05, 0.1) is 32.3 Å². The first-order valence-electron chi connectivity index (χ1n) is 11.8. The molecule has 0 bridgehead atoms. The smallest absolute Gasteiger partial charge is 0.192 e. The summed E-state index contributed by atoms with van der Waals surface area (Å²) in [5.41, 5.74) is 3.42. The first kappa shape index (κ1) is 25.1. The quantitative estimate of drug-likeness (QED) is 0.296. The van der Waals surface area contributed by atoms with Crippen molar-refractivity contribution in [3.63, 3.8) is 0 Å². The fourth-order valence-corrected chi connectivity index (χ4v) is 4.04. The summed E-state index contributed by atoms with van der Waals surface area (Å²) >= 11 is 0. The van der Waals surface area contributed by atoms with Crippen LogP contribution in [0.3, 0.4) is 0 Å². The molecule has 0 fully saturated rings. The number of ether oxygens (including phenoxy) is 4. The molecule has 7 heteroatoms. The van der Waals surface area contributed by atoms with E-state index >= 15 is 0 Å². The zero-order valence-corrected chi connectivity index (χ0v) is 21.1. The molecular formula is C29H31NO6. The Bertz CT molecular complexity index is 1380. The second-order valence-corrected chi connectivity index (χ2v) is 8.39. The number of fused-ring (bicyclic) bond motifs is 1. The maximum absolute atomic E-state index is 12.6. The maximum atomic E-state index is 12.6. The second-order valence-electron chi connectivity index (χ2n) is 8.39. The highest BCUT2D eigenvalue weighted by Crippen LogP contribution is 2.29. The van der Waals surface area contributed by atoms with Crippen molar-refractivity contribution < 1.29 is 23.4 Å². The van der Waals surface area contributed by atoms with Crippen LogP contribution in [-0.2, 0) is 19.6 Å². The Balaban J connectivity index is 1.52.